The lowest BCUT2D eigenvalue weighted by molar-refractivity contribution is 0.186. The third-order valence-corrected chi connectivity index (χ3v) is 4.50. The van der Waals surface area contributed by atoms with E-state index in [9.17, 15) is 0 Å². The van der Waals surface area contributed by atoms with E-state index >= 15 is 0 Å². The number of rotatable bonds is 5. The Kier molecular flexibility index (Phi) is 5.06. The lowest BCUT2D eigenvalue weighted by atomic mass is 9.71. The van der Waals surface area contributed by atoms with Crippen LogP contribution in [0.1, 0.15) is 44.6 Å². The zero-order valence-corrected chi connectivity index (χ0v) is 13.0. The van der Waals surface area contributed by atoms with Crippen molar-refractivity contribution in [3.63, 3.8) is 0 Å². The Balaban J connectivity index is 0.00000147. The third kappa shape index (κ3) is 2.84. The predicted molar refractivity (Wildman–Crippen MR) is 89.6 cm³/mol. The van der Waals surface area contributed by atoms with Gasteiger partial charge >= 0.3 is 0 Å². The van der Waals surface area contributed by atoms with E-state index in [0.717, 1.165) is 6.54 Å². The molecular formula is C18H24ClN. The van der Waals surface area contributed by atoms with Gasteiger partial charge in [-0.2, -0.15) is 0 Å². The minimum Gasteiger partial charge on any atom is -0.307 e. The topological polar surface area (TPSA) is 12.0 Å². The molecule has 0 spiro atoms. The van der Waals surface area contributed by atoms with Gasteiger partial charge in [0.25, 0.3) is 0 Å². The summed E-state index contributed by atoms with van der Waals surface area (Å²) in [7, 11) is 0. The van der Waals surface area contributed by atoms with Gasteiger partial charge in [0, 0.05) is 5.54 Å². The number of fused-ring (bicyclic) bond motifs is 1. The molecule has 1 aliphatic rings. The first-order chi connectivity index (χ1) is 9.34. The van der Waals surface area contributed by atoms with E-state index in [4.69, 9.17) is 0 Å². The third-order valence-electron chi connectivity index (χ3n) is 4.50. The molecule has 1 N–H and O–H groups in total. The molecule has 0 amide bonds. The molecule has 1 nitrogen and oxygen atoms in total. The second-order valence-electron chi connectivity index (χ2n) is 5.78. The van der Waals surface area contributed by atoms with Gasteiger partial charge in [-0.3, -0.25) is 0 Å². The standard InChI is InChI=1S/C18H23N.ClH/c1-2-3-13-19-18(11-6-12-18)17-10-9-15-7-4-5-8-16(15)14-17;/h4-5,7-10,14,19H,2-3,6,11-13H2,1H3;1H. The van der Waals surface area contributed by atoms with E-state index in [-0.39, 0.29) is 17.9 Å². The highest BCUT2D eigenvalue weighted by molar-refractivity contribution is 5.85. The SMILES string of the molecule is CCCCNC1(c2ccc3ccccc3c2)CCC1.Cl. The van der Waals surface area contributed by atoms with E-state index in [1.54, 1.807) is 0 Å². The Bertz CT molecular complexity index is 560. The zero-order valence-electron chi connectivity index (χ0n) is 12.2. The molecule has 0 saturated heterocycles. The molecule has 2 heteroatoms. The maximum Gasteiger partial charge on any atom is 0.0434 e. The average molecular weight is 290 g/mol. The monoisotopic (exact) mass is 289 g/mol. The molecule has 0 aliphatic heterocycles. The van der Waals surface area contributed by atoms with Gasteiger partial charge in [-0.1, -0.05) is 49.7 Å². The minimum absolute atomic E-state index is 0. The number of hydrogen-bond donors (Lipinski definition) is 1. The van der Waals surface area contributed by atoms with Gasteiger partial charge in [0.05, 0.1) is 0 Å². The normalized spacial score (nSPS) is 16.4. The Morgan fingerprint density at radius 2 is 1.80 bits per heavy atom. The van der Waals surface area contributed by atoms with Gasteiger partial charge in [-0.15, -0.1) is 12.4 Å². The lowest BCUT2D eigenvalue weighted by Gasteiger charge is -2.43. The van der Waals surface area contributed by atoms with Crippen molar-refractivity contribution < 1.29 is 0 Å². The molecule has 0 radical (unpaired) electrons. The molecule has 2 aromatic rings. The van der Waals surface area contributed by atoms with Crippen LogP contribution in [0.5, 0.6) is 0 Å². The van der Waals surface area contributed by atoms with E-state index in [1.807, 2.05) is 0 Å². The quantitative estimate of drug-likeness (QED) is 0.761. The van der Waals surface area contributed by atoms with Crippen molar-refractivity contribution in [2.24, 2.45) is 0 Å². The van der Waals surface area contributed by atoms with Gasteiger partial charge in [-0.25, -0.2) is 0 Å². The molecule has 1 saturated carbocycles. The van der Waals surface area contributed by atoms with Crippen LogP contribution in [0.15, 0.2) is 42.5 Å². The Morgan fingerprint density at radius 3 is 2.45 bits per heavy atom. The van der Waals surface area contributed by atoms with Crippen molar-refractivity contribution in [3.8, 4) is 0 Å². The number of nitrogens with one attached hydrogen (secondary N) is 1. The van der Waals surface area contributed by atoms with Crippen LogP contribution < -0.4 is 5.32 Å². The van der Waals surface area contributed by atoms with Gasteiger partial charge in [0.15, 0.2) is 0 Å². The highest BCUT2D eigenvalue weighted by Gasteiger charge is 2.37. The van der Waals surface area contributed by atoms with Crippen molar-refractivity contribution in [1.29, 1.82) is 0 Å². The smallest absolute Gasteiger partial charge is 0.0434 e. The molecule has 3 rings (SSSR count). The van der Waals surface area contributed by atoms with E-state index < -0.39 is 0 Å². The minimum atomic E-state index is 0. The maximum atomic E-state index is 3.81. The summed E-state index contributed by atoms with van der Waals surface area (Å²) in [5.74, 6) is 0. The van der Waals surface area contributed by atoms with Gasteiger partial charge in [0.2, 0.25) is 0 Å². The zero-order chi connectivity index (χ0) is 13.1. The Hall–Kier alpha value is -1.05. The second-order valence-corrected chi connectivity index (χ2v) is 5.78. The summed E-state index contributed by atoms with van der Waals surface area (Å²) in [6, 6.07) is 15.6. The second kappa shape index (κ2) is 6.60. The highest BCUT2D eigenvalue weighted by atomic mass is 35.5. The number of benzene rings is 2. The molecule has 2 aromatic carbocycles. The molecule has 1 aliphatic carbocycles. The van der Waals surface area contributed by atoms with Crippen LogP contribution in [-0.2, 0) is 5.54 Å². The first-order valence-electron chi connectivity index (χ1n) is 7.58. The van der Waals surface area contributed by atoms with E-state index in [2.05, 4.69) is 54.7 Å². The van der Waals surface area contributed by atoms with E-state index in [0.29, 0.717) is 0 Å². The molecule has 0 heterocycles. The fourth-order valence-electron chi connectivity index (χ4n) is 3.09. The van der Waals surface area contributed by atoms with Crippen molar-refractivity contribution >= 4 is 23.2 Å². The van der Waals surface area contributed by atoms with Crippen LogP contribution in [0.25, 0.3) is 10.8 Å². The number of halogens is 1. The highest BCUT2D eigenvalue weighted by Crippen LogP contribution is 2.42. The molecule has 0 unspecified atom stereocenters. The Morgan fingerprint density at radius 1 is 1.05 bits per heavy atom. The predicted octanol–water partition coefficient (Wildman–Crippen LogP) is 5.03. The molecule has 20 heavy (non-hydrogen) atoms. The summed E-state index contributed by atoms with van der Waals surface area (Å²) < 4.78 is 0. The molecule has 0 atom stereocenters. The lowest BCUT2D eigenvalue weighted by Crippen LogP contribution is -2.48. The largest absolute Gasteiger partial charge is 0.307 e. The molecule has 108 valence electrons. The average Bonchev–Trinajstić information content (AvgIpc) is 2.41. The van der Waals surface area contributed by atoms with Crippen molar-refractivity contribution in [2.45, 2.75) is 44.6 Å². The van der Waals surface area contributed by atoms with Crippen LogP contribution in [0.4, 0.5) is 0 Å². The summed E-state index contributed by atoms with van der Waals surface area (Å²) >= 11 is 0. The van der Waals surface area contributed by atoms with Crippen molar-refractivity contribution in [1.82, 2.24) is 5.32 Å². The van der Waals surface area contributed by atoms with Gasteiger partial charge in [0.1, 0.15) is 0 Å². The molecule has 1 fully saturated rings. The summed E-state index contributed by atoms with van der Waals surface area (Å²) in [5.41, 5.74) is 1.74. The van der Waals surface area contributed by atoms with Crippen LogP contribution in [0, 0.1) is 0 Å². The van der Waals surface area contributed by atoms with Crippen LogP contribution >= 0.6 is 12.4 Å². The van der Waals surface area contributed by atoms with Crippen LogP contribution in [-0.4, -0.2) is 6.54 Å². The first-order valence-corrected chi connectivity index (χ1v) is 7.58. The van der Waals surface area contributed by atoms with Crippen molar-refractivity contribution in [3.05, 3.63) is 48.0 Å². The molecule has 0 aromatic heterocycles. The maximum absolute atomic E-state index is 3.81. The summed E-state index contributed by atoms with van der Waals surface area (Å²) in [6.45, 7) is 3.40. The Labute approximate surface area is 128 Å². The first kappa shape index (κ1) is 15.3. The van der Waals surface area contributed by atoms with Crippen LogP contribution in [0.3, 0.4) is 0 Å². The van der Waals surface area contributed by atoms with E-state index in [1.165, 1.54) is 48.4 Å². The summed E-state index contributed by atoms with van der Waals surface area (Å²) in [5, 5.41) is 6.52. The fraction of sp³-hybridized carbons (Fsp3) is 0.444. The fourth-order valence-corrected chi connectivity index (χ4v) is 3.09. The molecular weight excluding hydrogens is 266 g/mol. The van der Waals surface area contributed by atoms with Crippen molar-refractivity contribution in [2.75, 3.05) is 6.54 Å². The van der Waals surface area contributed by atoms with Crippen LogP contribution in [0.2, 0.25) is 0 Å². The molecule has 0 bridgehead atoms. The summed E-state index contributed by atoms with van der Waals surface area (Å²) in [6.07, 6.45) is 6.46. The number of unbranched alkanes of at least 4 members (excludes halogenated alkanes) is 1. The van der Waals surface area contributed by atoms with Gasteiger partial charge < -0.3 is 5.32 Å². The summed E-state index contributed by atoms with van der Waals surface area (Å²) in [4.78, 5) is 0. The van der Waals surface area contributed by atoms with Gasteiger partial charge in [-0.05, 0) is 54.6 Å². The number of hydrogen-bond acceptors (Lipinski definition) is 1.